The van der Waals surface area contributed by atoms with Gasteiger partial charge in [0.15, 0.2) is 0 Å². The van der Waals surface area contributed by atoms with Crippen LogP contribution in [0.4, 0.5) is 10.1 Å². The highest BCUT2D eigenvalue weighted by molar-refractivity contribution is 5.73. The van der Waals surface area contributed by atoms with Crippen molar-refractivity contribution in [2.75, 3.05) is 11.4 Å². The fourth-order valence-corrected chi connectivity index (χ4v) is 2.63. The van der Waals surface area contributed by atoms with Gasteiger partial charge in [0, 0.05) is 12.6 Å². The number of carbonyl (C=O) groups is 1. The van der Waals surface area contributed by atoms with Crippen molar-refractivity contribution >= 4 is 11.7 Å². The standard InChI is InChI=1S/C13H16FNO2/c1-2-11-9(13(16)17)7-8-15(11)12-6-4-3-5-10(12)14/h3-6,9,11H,2,7-8H2,1H3,(H,16,17)/t9-,11+/m0/s1. The van der Waals surface area contributed by atoms with Crippen LogP contribution >= 0.6 is 0 Å². The minimum atomic E-state index is -0.782. The predicted octanol–water partition coefficient (Wildman–Crippen LogP) is 2.52. The number of aliphatic carboxylic acids is 1. The Morgan fingerprint density at radius 2 is 2.24 bits per heavy atom. The lowest BCUT2D eigenvalue weighted by Gasteiger charge is -2.28. The first kappa shape index (κ1) is 11.9. The SMILES string of the molecule is CC[C@@H]1[C@@H](C(=O)O)CCN1c1ccccc1F. The molecular formula is C13H16FNO2. The Morgan fingerprint density at radius 3 is 2.82 bits per heavy atom. The van der Waals surface area contributed by atoms with Crippen molar-refractivity contribution in [1.82, 2.24) is 0 Å². The summed E-state index contributed by atoms with van der Waals surface area (Å²) in [5, 5.41) is 9.13. The Labute approximate surface area is 99.9 Å². The van der Waals surface area contributed by atoms with Crippen LogP contribution in [0.15, 0.2) is 24.3 Å². The first-order valence-electron chi connectivity index (χ1n) is 5.89. The summed E-state index contributed by atoms with van der Waals surface area (Å²) < 4.78 is 13.7. The number of anilines is 1. The molecule has 1 aliphatic heterocycles. The van der Waals surface area contributed by atoms with Gasteiger partial charge in [-0.2, -0.15) is 0 Å². The zero-order valence-electron chi connectivity index (χ0n) is 9.77. The summed E-state index contributed by atoms with van der Waals surface area (Å²) in [7, 11) is 0. The van der Waals surface area contributed by atoms with E-state index in [-0.39, 0.29) is 17.8 Å². The van der Waals surface area contributed by atoms with Gasteiger partial charge < -0.3 is 10.0 Å². The highest BCUT2D eigenvalue weighted by atomic mass is 19.1. The normalized spacial score (nSPS) is 24.0. The van der Waals surface area contributed by atoms with E-state index in [9.17, 15) is 9.18 Å². The number of halogens is 1. The quantitative estimate of drug-likeness (QED) is 0.878. The van der Waals surface area contributed by atoms with Crippen LogP contribution in [0, 0.1) is 11.7 Å². The molecular weight excluding hydrogens is 221 g/mol. The van der Waals surface area contributed by atoms with Gasteiger partial charge >= 0.3 is 5.97 Å². The van der Waals surface area contributed by atoms with Crippen molar-refractivity contribution in [3.63, 3.8) is 0 Å². The van der Waals surface area contributed by atoms with Gasteiger partial charge in [0.05, 0.1) is 11.6 Å². The Balaban J connectivity index is 2.28. The molecule has 2 rings (SSSR count). The summed E-state index contributed by atoms with van der Waals surface area (Å²) in [4.78, 5) is 13.0. The van der Waals surface area contributed by atoms with Crippen molar-refractivity contribution in [3.8, 4) is 0 Å². The molecule has 0 bridgehead atoms. The number of nitrogens with zero attached hydrogens (tertiary/aromatic N) is 1. The van der Waals surface area contributed by atoms with E-state index < -0.39 is 5.97 Å². The van der Waals surface area contributed by atoms with Crippen LogP contribution in [0.2, 0.25) is 0 Å². The topological polar surface area (TPSA) is 40.5 Å². The molecule has 1 aromatic rings. The molecule has 3 nitrogen and oxygen atoms in total. The molecule has 17 heavy (non-hydrogen) atoms. The number of rotatable bonds is 3. The second-order valence-electron chi connectivity index (χ2n) is 4.35. The van der Waals surface area contributed by atoms with Crippen LogP contribution in [0.3, 0.4) is 0 Å². The number of benzene rings is 1. The summed E-state index contributed by atoms with van der Waals surface area (Å²) in [6, 6.07) is 6.44. The minimum Gasteiger partial charge on any atom is -0.481 e. The lowest BCUT2D eigenvalue weighted by Crippen LogP contribution is -2.35. The van der Waals surface area contributed by atoms with Crippen LogP contribution in [0.1, 0.15) is 19.8 Å². The average Bonchev–Trinajstić information content (AvgIpc) is 2.73. The van der Waals surface area contributed by atoms with Crippen molar-refractivity contribution in [3.05, 3.63) is 30.1 Å². The zero-order chi connectivity index (χ0) is 12.4. The number of para-hydroxylation sites is 1. The van der Waals surface area contributed by atoms with E-state index in [1.807, 2.05) is 11.8 Å². The lowest BCUT2D eigenvalue weighted by atomic mass is 9.98. The molecule has 0 amide bonds. The van der Waals surface area contributed by atoms with Crippen molar-refractivity contribution in [2.24, 2.45) is 5.92 Å². The van der Waals surface area contributed by atoms with E-state index in [0.717, 1.165) is 0 Å². The summed E-state index contributed by atoms with van der Waals surface area (Å²) in [6.07, 6.45) is 1.30. The molecule has 0 unspecified atom stereocenters. The number of carboxylic acid groups (broad SMARTS) is 1. The molecule has 4 heteroatoms. The molecule has 1 N–H and O–H groups in total. The third kappa shape index (κ3) is 2.12. The Hall–Kier alpha value is -1.58. The van der Waals surface area contributed by atoms with Crippen LogP contribution in [0.5, 0.6) is 0 Å². The number of hydrogen-bond donors (Lipinski definition) is 1. The first-order chi connectivity index (χ1) is 8.15. The monoisotopic (exact) mass is 237 g/mol. The molecule has 1 fully saturated rings. The van der Waals surface area contributed by atoms with Gasteiger partial charge in [0.25, 0.3) is 0 Å². The van der Waals surface area contributed by atoms with Gasteiger partial charge in [0.2, 0.25) is 0 Å². The largest absolute Gasteiger partial charge is 0.481 e. The van der Waals surface area contributed by atoms with Gasteiger partial charge in [-0.25, -0.2) is 4.39 Å². The van der Waals surface area contributed by atoms with Crippen molar-refractivity contribution < 1.29 is 14.3 Å². The van der Waals surface area contributed by atoms with Crippen LogP contribution < -0.4 is 4.90 Å². The highest BCUT2D eigenvalue weighted by Crippen LogP contribution is 2.33. The van der Waals surface area contributed by atoms with Crippen molar-refractivity contribution in [2.45, 2.75) is 25.8 Å². The maximum absolute atomic E-state index is 13.7. The number of hydrogen-bond acceptors (Lipinski definition) is 2. The smallest absolute Gasteiger partial charge is 0.308 e. The molecule has 92 valence electrons. The zero-order valence-corrected chi connectivity index (χ0v) is 9.77. The van der Waals surface area contributed by atoms with Gasteiger partial charge in [-0.05, 0) is 25.0 Å². The summed E-state index contributed by atoms with van der Waals surface area (Å²) >= 11 is 0. The van der Waals surface area contributed by atoms with Gasteiger partial charge in [0.1, 0.15) is 5.82 Å². The fraction of sp³-hybridized carbons (Fsp3) is 0.462. The predicted molar refractivity (Wildman–Crippen MR) is 63.6 cm³/mol. The Bertz CT molecular complexity index is 422. The molecule has 1 aromatic carbocycles. The minimum absolute atomic E-state index is 0.107. The van der Waals surface area contributed by atoms with E-state index in [4.69, 9.17) is 5.11 Å². The molecule has 0 aliphatic carbocycles. The summed E-state index contributed by atoms with van der Waals surface area (Å²) in [5.41, 5.74) is 0.517. The van der Waals surface area contributed by atoms with Gasteiger partial charge in [-0.15, -0.1) is 0 Å². The summed E-state index contributed by atoms with van der Waals surface area (Å²) in [5.74, 6) is -1.45. The molecule has 1 heterocycles. The average molecular weight is 237 g/mol. The molecule has 1 saturated heterocycles. The van der Waals surface area contributed by atoms with Crippen LogP contribution in [-0.4, -0.2) is 23.7 Å². The third-order valence-electron chi connectivity index (χ3n) is 3.44. The maximum atomic E-state index is 13.7. The van der Waals surface area contributed by atoms with Gasteiger partial charge in [-0.1, -0.05) is 19.1 Å². The van der Waals surface area contributed by atoms with Crippen molar-refractivity contribution in [1.29, 1.82) is 0 Å². The molecule has 1 aliphatic rings. The number of carboxylic acids is 1. The summed E-state index contributed by atoms with van der Waals surface area (Å²) in [6.45, 7) is 2.55. The molecule has 0 radical (unpaired) electrons. The molecule has 0 aromatic heterocycles. The molecule has 0 saturated carbocycles. The van der Waals surface area contributed by atoms with E-state index in [1.165, 1.54) is 6.07 Å². The van der Waals surface area contributed by atoms with E-state index in [2.05, 4.69) is 0 Å². The second kappa shape index (κ2) is 4.73. The molecule has 0 spiro atoms. The first-order valence-corrected chi connectivity index (χ1v) is 5.89. The molecule has 2 atom stereocenters. The lowest BCUT2D eigenvalue weighted by molar-refractivity contribution is -0.141. The third-order valence-corrected chi connectivity index (χ3v) is 3.44. The highest BCUT2D eigenvalue weighted by Gasteiger charge is 2.38. The van der Waals surface area contributed by atoms with Crippen LogP contribution in [0.25, 0.3) is 0 Å². The fourth-order valence-electron chi connectivity index (χ4n) is 2.63. The van der Waals surface area contributed by atoms with E-state index in [1.54, 1.807) is 18.2 Å². The van der Waals surface area contributed by atoms with E-state index >= 15 is 0 Å². The van der Waals surface area contributed by atoms with Crippen LogP contribution in [-0.2, 0) is 4.79 Å². The Morgan fingerprint density at radius 1 is 1.53 bits per heavy atom. The second-order valence-corrected chi connectivity index (χ2v) is 4.35. The van der Waals surface area contributed by atoms with E-state index in [0.29, 0.717) is 25.1 Å². The Kier molecular flexibility index (Phi) is 3.31. The maximum Gasteiger partial charge on any atom is 0.308 e. The van der Waals surface area contributed by atoms with Gasteiger partial charge in [-0.3, -0.25) is 4.79 Å².